The summed E-state index contributed by atoms with van der Waals surface area (Å²) in [6, 6.07) is 6.69. The van der Waals surface area contributed by atoms with Crippen LogP contribution in [0.3, 0.4) is 0 Å². The van der Waals surface area contributed by atoms with Gasteiger partial charge in [0.1, 0.15) is 0 Å². The van der Waals surface area contributed by atoms with Gasteiger partial charge in [-0.05, 0) is 24.6 Å². The highest BCUT2D eigenvalue weighted by Gasteiger charge is 2.52. The fourth-order valence-electron chi connectivity index (χ4n) is 2.35. The third kappa shape index (κ3) is 2.83. The van der Waals surface area contributed by atoms with Crippen LogP contribution in [-0.2, 0) is 0 Å². The lowest BCUT2D eigenvalue weighted by molar-refractivity contribution is -0.143. The molecule has 0 radical (unpaired) electrons. The van der Waals surface area contributed by atoms with Gasteiger partial charge >= 0.3 is 0 Å². The highest BCUT2D eigenvalue weighted by atomic mass is 35.5. The zero-order valence-electron chi connectivity index (χ0n) is 12.9. The molecule has 0 saturated carbocycles. The van der Waals surface area contributed by atoms with Gasteiger partial charge in [-0.15, -0.1) is 0 Å². The predicted molar refractivity (Wildman–Crippen MR) is 84.4 cm³/mol. The lowest BCUT2D eigenvalue weighted by atomic mass is 9.79. The Morgan fingerprint density at radius 3 is 2.67 bits per heavy atom. The van der Waals surface area contributed by atoms with E-state index in [1.54, 1.807) is 24.3 Å². The van der Waals surface area contributed by atoms with E-state index in [-0.39, 0.29) is 5.91 Å². The fraction of sp³-hybridized carbons (Fsp3) is 0.500. The Kier molecular flexibility index (Phi) is 4.13. The van der Waals surface area contributed by atoms with E-state index in [4.69, 9.17) is 11.6 Å². The van der Waals surface area contributed by atoms with Gasteiger partial charge in [0.25, 0.3) is 5.91 Å². The molecule has 1 atom stereocenters. The lowest BCUT2D eigenvalue weighted by Crippen LogP contribution is -2.55. The molecule has 0 saturated heterocycles. The van der Waals surface area contributed by atoms with Crippen LogP contribution in [0.5, 0.6) is 0 Å². The minimum Gasteiger partial charge on any atom is -0.368 e. The summed E-state index contributed by atoms with van der Waals surface area (Å²) in [5.41, 5.74) is -0.589. The third-order valence-corrected chi connectivity index (χ3v) is 4.15. The van der Waals surface area contributed by atoms with Gasteiger partial charge in [-0.25, -0.2) is 0 Å². The topological polar surface area (TPSA) is 52.9 Å². The average molecular weight is 309 g/mol. The van der Waals surface area contributed by atoms with Crippen molar-refractivity contribution in [3.05, 3.63) is 34.9 Å². The van der Waals surface area contributed by atoms with Gasteiger partial charge in [-0.3, -0.25) is 4.79 Å². The summed E-state index contributed by atoms with van der Waals surface area (Å²) in [5.74, 6) is -0.335. The molecule has 4 nitrogen and oxygen atoms in total. The number of hydrazone groups is 1. The molecule has 1 aromatic rings. The van der Waals surface area contributed by atoms with Gasteiger partial charge in [-0.2, -0.15) is 10.1 Å². The molecule has 1 heterocycles. The SMILES string of the molecule is CCC1=NN(C(=O)c2cccc(Cl)c2)[C@](O)(C(C)(C)C)C1. The number of carbonyl (C=O) groups excluding carboxylic acids is 1. The van der Waals surface area contributed by atoms with E-state index in [9.17, 15) is 9.90 Å². The van der Waals surface area contributed by atoms with E-state index >= 15 is 0 Å². The van der Waals surface area contributed by atoms with Crippen molar-refractivity contribution >= 4 is 23.2 Å². The Hall–Kier alpha value is -1.39. The molecular formula is C16H21ClN2O2. The number of carbonyl (C=O) groups is 1. The smallest absolute Gasteiger partial charge is 0.276 e. The zero-order valence-corrected chi connectivity index (χ0v) is 13.6. The molecule has 5 heteroatoms. The average Bonchev–Trinajstić information content (AvgIpc) is 2.76. The van der Waals surface area contributed by atoms with Gasteiger partial charge in [0.2, 0.25) is 0 Å². The number of halogens is 1. The molecule has 0 spiro atoms. The Morgan fingerprint density at radius 2 is 2.14 bits per heavy atom. The fourth-order valence-corrected chi connectivity index (χ4v) is 2.54. The van der Waals surface area contributed by atoms with E-state index in [2.05, 4.69) is 5.10 Å². The first-order valence-corrected chi connectivity index (χ1v) is 7.45. The van der Waals surface area contributed by atoms with E-state index in [0.29, 0.717) is 23.4 Å². The molecule has 114 valence electrons. The Morgan fingerprint density at radius 1 is 1.48 bits per heavy atom. The van der Waals surface area contributed by atoms with Crippen molar-refractivity contribution < 1.29 is 9.90 Å². The zero-order chi connectivity index (χ0) is 15.8. The minimum absolute atomic E-state index is 0.335. The van der Waals surface area contributed by atoms with Crippen molar-refractivity contribution in [2.45, 2.75) is 46.3 Å². The molecule has 1 aliphatic heterocycles. The van der Waals surface area contributed by atoms with Crippen LogP contribution in [0.25, 0.3) is 0 Å². The van der Waals surface area contributed by atoms with Crippen LogP contribution in [0.1, 0.15) is 50.9 Å². The molecule has 0 aromatic heterocycles. The lowest BCUT2D eigenvalue weighted by Gasteiger charge is -2.41. The quantitative estimate of drug-likeness (QED) is 0.906. The standard InChI is InChI=1S/C16H21ClN2O2/c1-5-13-10-16(21,15(2,3)4)19(18-13)14(20)11-7-6-8-12(17)9-11/h6-9,21H,5,10H2,1-4H3/t16-/m1/s1. The van der Waals surface area contributed by atoms with Crippen LogP contribution in [0.2, 0.25) is 5.02 Å². The van der Waals surface area contributed by atoms with Crippen LogP contribution in [-0.4, -0.2) is 27.5 Å². The van der Waals surface area contributed by atoms with Gasteiger partial charge < -0.3 is 5.11 Å². The van der Waals surface area contributed by atoms with Crippen molar-refractivity contribution in [2.75, 3.05) is 0 Å². The summed E-state index contributed by atoms with van der Waals surface area (Å²) in [5, 5.41) is 17.1. The Labute approximate surface area is 130 Å². The number of aliphatic hydroxyl groups is 1. The highest BCUT2D eigenvalue weighted by molar-refractivity contribution is 6.31. The number of rotatable bonds is 2. The second-order valence-corrected chi connectivity index (χ2v) is 6.83. The summed E-state index contributed by atoms with van der Waals surface area (Å²) in [6.45, 7) is 7.67. The second-order valence-electron chi connectivity index (χ2n) is 6.39. The van der Waals surface area contributed by atoms with Crippen molar-refractivity contribution in [1.82, 2.24) is 5.01 Å². The number of hydrogen-bond acceptors (Lipinski definition) is 3. The summed E-state index contributed by atoms with van der Waals surface area (Å²) in [4.78, 5) is 12.7. The predicted octanol–water partition coefficient (Wildman–Crippen LogP) is 3.69. The van der Waals surface area contributed by atoms with Crippen molar-refractivity contribution in [3.63, 3.8) is 0 Å². The van der Waals surface area contributed by atoms with Crippen LogP contribution in [0.15, 0.2) is 29.4 Å². The maximum atomic E-state index is 12.7. The van der Waals surface area contributed by atoms with Crippen LogP contribution in [0, 0.1) is 5.41 Å². The van der Waals surface area contributed by atoms with E-state index in [1.165, 1.54) is 5.01 Å². The second kappa shape index (κ2) is 5.43. The normalized spacial score (nSPS) is 22.4. The van der Waals surface area contributed by atoms with Crippen LogP contribution in [0.4, 0.5) is 0 Å². The van der Waals surface area contributed by atoms with Crippen molar-refractivity contribution in [3.8, 4) is 0 Å². The Bertz CT molecular complexity index is 592. The molecule has 0 unspecified atom stereocenters. The van der Waals surface area contributed by atoms with E-state index in [0.717, 1.165) is 5.71 Å². The summed E-state index contributed by atoms with van der Waals surface area (Å²) < 4.78 is 0. The number of benzene rings is 1. The van der Waals surface area contributed by atoms with Crippen molar-refractivity contribution in [2.24, 2.45) is 10.5 Å². The van der Waals surface area contributed by atoms with Gasteiger partial charge in [0, 0.05) is 28.1 Å². The first-order chi connectivity index (χ1) is 9.69. The van der Waals surface area contributed by atoms with Crippen molar-refractivity contribution in [1.29, 1.82) is 0 Å². The van der Waals surface area contributed by atoms with Crippen LogP contribution < -0.4 is 0 Å². The molecular weight excluding hydrogens is 288 g/mol. The highest BCUT2D eigenvalue weighted by Crippen LogP contribution is 2.41. The first-order valence-electron chi connectivity index (χ1n) is 7.08. The third-order valence-electron chi connectivity index (χ3n) is 3.92. The summed E-state index contributed by atoms with van der Waals surface area (Å²) in [6.07, 6.45) is 1.08. The molecule has 1 N–H and O–H groups in total. The Balaban J connectivity index is 2.43. The molecule has 0 bridgehead atoms. The number of amides is 1. The maximum absolute atomic E-state index is 12.7. The molecule has 0 fully saturated rings. The van der Waals surface area contributed by atoms with Gasteiger partial charge in [-0.1, -0.05) is 45.4 Å². The first kappa shape index (κ1) is 16.0. The maximum Gasteiger partial charge on any atom is 0.276 e. The summed E-state index contributed by atoms with van der Waals surface area (Å²) in [7, 11) is 0. The molecule has 0 aliphatic carbocycles. The van der Waals surface area contributed by atoms with E-state index < -0.39 is 11.1 Å². The number of nitrogens with zero attached hydrogens (tertiary/aromatic N) is 2. The molecule has 1 aliphatic rings. The largest absolute Gasteiger partial charge is 0.368 e. The molecule has 1 aromatic carbocycles. The number of hydrogen-bond donors (Lipinski definition) is 1. The van der Waals surface area contributed by atoms with Crippen LogP contribution >= 0.6 is 11.6 Å². The summed E-state index contributed by atoms with van der Waals surface area (Å²) >= 11 is 5.94. The van der Waals surface area contributed by atoms with Gasteiger partial charge in [0.05, 0.1) is 0 Å². The minimum atomic E-state index is -1.32. The molecule has 1 amide bonds. The monoisotopic (exact) mass is 308 g/mol. The van der Waals surface area contributed by atoms with Gasteiger partial charge in [0.15, 0.2) is 5.72 Å². The molecule has 2 rings (SSSR count). The van der Waals surface area contributed by atoms with E-state index in [1.807, 2.05) is 27.7 Å². The molecule has 21 heavy (non-hydrogen) atoms.